The molecule has 0 fully saturated rings. The summed E-state index contributed by atoms with van der Waals surface area (Å²) >= 11 is 19.0. The van der Waals surface area contributed by atoms with E-state index in [0.717, 1.165) is 10.6 Å². The lowest BCUT2D eigenvalue weighted by Gasteiger charge is -2.21. The Morgan fingerprint density at radius 2 is 1.71 bits per heavy atom. The summed E-state index contributed by atoms with van der Waals surface area (Å²) in [4.78, 5) is 38.2. The average Bonchev–Trinajstić information content (AvgIpc) is 2.65. The fourth-order valence-electron chi connectivity index (χ4n) is 2.49. The molecular weight excluding hydrogens is 443 g/mol. The van der Waals surface area contributed by atoms with Crippen LogP contribution in [0.1, 0.15) is 13.3 Å². The number of halogens is 3. The van der Waals surface area contributed by atoms with Gasteiger partial charge in [-0.3, -0.25) is 14.4 Å². The van der Waals surface area contributed by atoms with E-state index in [9.17, 15) is 14.4 Å². The predicted molar refractivity (Wildman–Crippen MR) is 113 cm³/mol. The molecule has 28 heavy (non-hydrogen) atoms. The Kier molecular flexibility index (Phi) is 6.35. The third-order valence-electron chi connectivity index (χ3n) is 3.85. The van der Waals surface area contributed by atoms with Gasteiger partial charge in [0, 0.05) is 10.6 Å². The molecule has 9 heteroatoms. The summed E-state index contributed by atoms with van der Waals surface area (Å²) in [6.45, 7) is 1.75. The summed E-state index contributed by atoms with van der Waals surface area (Å²) < 4.78 is 0. The Labute approximate surface area is 180 Å². The third-order valence-corrected chi connectivity index (χ3v) is 6.20. The molecule has 144 valence electrons. The number of anilines is 2. The van der Waals surface area contributed by atoms with Crippen molar-refractivity contribution in [3.8, 4) is 0 Å². The molecule has 2 aromatic carbocycles. The van der Waals surface area contributed by atoms with Crippen LogP contribution in [0, 0.1) is 0 Å². The number of rotatable bonds is 5. The van der Waals surface area contributed by atoms with Crippen molar-refractivity contribution < 1.29 is 14.4 Å². The standard InChI is InChI=1S/C19H13Cl3N2O3S/c1-9-18(28-17-5-3-2-4-13(17)23-9)15(25)8-16(26)19(27)24-14-7-11(21)10(20)6-12(14)22/h2-7,23H,8H2,1H3,(H,24,27). The van der Waals surface area contributed by atoms with Crippen molar-refractivity contribution in [2.45, 2.75) is 18.2 Å². The molecule has 0 radical (unpaired) electrons. The van der Waals surface area contributed by atoms with Gasteiger partial charge < -0.3 is 10.6 Å². The van der Waals surface area contributed by atoms with Crippen LogP contribution in [-0.2, 0) is 14.4 Å². The summed E-state index contributed by atoms with van der Waals surface area (Å²) in [7, 11) is 0. The topological polar surface area (TPSA) is 75.3 Å². The number of fused-ring (bicyclic) bond motifs is 1. The first-order valence-corrected chi connectivity index (χ1v) is 9.98. The molecule has 0 saturated carbocycles. The van der Waals surface area contributed by atoms with E-state index in [-0.39, 0.29) is 20.8 Å². The molecule has 1 aliphatic heterocycles. The summed E-state index contributed by atoms with van der Waals surface area (Å²) in [6, 6.07) is 10.2. The predicted octanol–water partition coefficient (Wildman–Crippen LogP) is 5.56. The maximum Gasteiger partial charge on any atom is 0.292 e. The van der Waals surface area contributed by atoms with Gasteiger partial charge in [-0.05, 0) is 31.2 Å². The number of carbonyl (C=O) groups is 3. The Balaban J connectivity index is 1.68. The van der Waals surface area contributed by atoms with E-state index in [2.05, 4.69) is 10.6 Å². The van der Waals surface area contributed by atoms with Crippen molar-refractivity contribution >= 4 is 75.4 Å². The van der Waals surface area contributed by atoms with Crippen LogP contribution in [-0.4, -0.2) is 17.5 Å². The minimum atomic E-state index is -0.957. The van der Waals surface area contributed by atoms with Gasteiger partial charge in [0.1, 0.15) is 0 Å². The molecule has 0 spiro atoms. The van der Waals surface area contributed by atoms with Crippen LogP contribution in [0.15, 0.2) is 51.9 Å². The number of ketones is 2. The SMILES string of the molecule is CC1=C(C(=O)CC(=O)C(=O)Nc2cc(Cl)c(Cl)cc2Cl)Sc2ccccc2N1. The fraction of sp³-hybridized carbons (Fsp3) is 0.105. The first-order valence-electron chi connectivity index (χ1n) is 8.03. The molecule has 5 nitrogen and oxygen atoms in total. The number of allylic oxidation sites excluding steroid dienone is 2. The largest absolute Gasteiger partial charge is 0.357 e. The molecule has 0 aromatic heterocycles. The minimum Gasteiger partial charge on any atom is -0.357 e. The van der Waals surface area contributed by atoms with Gasteiger partial charge in [-0.25, -0.2) is 0 Å². The van der Waals surface area contributed by atoms with Crippen molar-refractivity contribution in [1.29, 1.82) is 0 Å². The minimum absolute atomic E-state index is 0.129. The number of Topliss-reactive ketones (excluding diaryl/α,β-unsaturated/α-hetero) is 2. The number of hydrogen-bond acceptors (Lipinski definition) is 5. The molecule has 3 rings (SSSR count). The van der Waals surface area contributed by atoms with Gasteiger partial charge in [-0.1, -0.05) is 58.7 Å². The highest BCUT2D eigenvalue weighted by Crippen LogP contribution is 2.40. The van der Waals surface area contributed by atoms with Crippen LogP contribution in [0.3, 0.4) is 0 Å². The van der Waals surface area contributed by atoms with E-state index in [1.807, 2.05) is 24.3 Å². The van der Waals surface area contributed by atoms with Crippen LogP contribution >= 0.6 is 46.6 Å². The summed E-state index contributed by atoms with van der Waals surface area (Å²) in [5.74, 6) is -2.28. The first kappa shape index (κ1) is 20.7. The lowest BCUT2D eigenvalue weighted by atomic mass is 10.1. The van der Waals surface area contributed by atoms with Crippen molar-refractivity contribution in [1.82, 2.24) is 0 Å². The monoisotopic (exact) mass is 454 g/mol. The second kappa shape index (κ2) is 8.57. The molecule has 1 heterocycles. The number of hydrogen-bond donors (Lipinski definition) is 2. The molecule has 0 bridgehead atoms. The first-order chi connectivity index (χ1) is 13.3. The number of thioether (sulfide) groups is 1. The van der Waals surface area contributed by atoms with Crippen molar-refractivity contribution in [2.24, 2.45) is 0 Å². The smallest absolute Gasteiger partial charge is 0.292 e. The van der Waals surface area contributed by atoms with E-state index in [0.29, 0.717) is 10.6 Å². The average molecular weight is 456 g/mol. The maximum absolute atomic E-state index is 12.6. The molecule has 0 atom stereocenters. The molecular formula is C19H13Cl3N2O3S. The number of benzene rings is 2. The summed E-state index contributed by atoms with van der Waals surface area (Å²) in [5, 5.41) is 6.01. The second-order valence-electron chi connectivity index (χ2n) is 5.90. The zero-order chi connectivity index (χ0) is 20.4. The number of carbonyl (C=O) groups excluding carboxylic acids is 3. The van der Waals surface area contributed by atoms with Crippen molar-refractivity contribution in [3.63, 3.8) is 0 Å². The zero-order valence-electron chi connectivity index (χ0n) is 14.4. The summed E-state index contributed by atoms with van der Waals surface area (Å²) in [6.07, 6.45) is -0.561. The molecule has 2 N–H and O–H groups in total. The van der Waals surface area contributed by atoms with Crippen molar-refractivity contribution in [2.75, 3.05) is 10.6 Å². The second-order valence-corrected chi connectivity index (χ2v) is 8.17. The van der Waals surface area contributed by atoms with Crippen LogP contribution < -0.4 is 10.6 Å². The van der Waals surface area contributed by atoms with E-state index >= 15 is 0 Å². The van der Waals surface area contributed by atoms with Gasteiger partial charge in [0.2, 0.25) is 5.78 Å². The Bertz CT molecular complexity index is 1040. The van der Waals surface area contributed by atoms with Crippen molar-refractivity contribution in [3.05, 3.63) is 62.1 Å². The molecule has 0 saturated heterocycles. The molecule has 2 aromatic rings. The molecule has 0 unspecified atom stereocenters. The van der Waals surface area contributed by atoms with Gasteiger partial charge in [0.25, 0.3) is 5.91 Å². The quantitative estimate of drug-likeness (QED) is 0.350. The number of nitrogens with one attached hydrogen (secondary N) is 2. The van der Waals surface area contributed by atoms with E-state index in [4.69, 9.17) is 34.8 Å². The van der Waals surface area contributed by atoms with Gasteiger partial charge in [0.05, 0.1) is 37.8 Å². The molecule has 1 aliphatic rings. The zero-order valence-corrected chi connectivity index (χ0v) is 17.5. The summed E-state index contributed by atoms with van der Waals surface area (Å²) in [5.41, 5.74) is 1.66. The highest BCUT2D eigenvalue weighted by Gasteiger charge is 2.26. The van der Waals surface area contributed by atoms with Gasteiger partial charge in [-0.15, -0.1) is 0 Å². The van der Waals surface area contributed by atoms with Gasteiger partial charge in [0.15, 0.2) is 5.78 Å². The van der Waals surface area contributed by atoms with Gasteiger partial charge >= 0.3 is 0 Å². The Morgan fingerprint density at radius 1 is 1.04 bits per heavy atom. The van der Waals surface area contributed by atoms with Crippen LogP contribution in [0.5, 0.6) is 0 Å². The highest BCUT2D eigenvalue weighted by molar-refractivity contribution is 8.04. The Hall–Kier alpha value is -1.99. The van der Waals surface area contributed by atoms with Gasteiger partial charge in [-0.2, -0.15) is 0 Å². The highest BCUT2D eigenvalue weighted by atomic mass is 35.5. The van der Waals surface area contributed by atoms with E-state index in [1.165, 1.54) is 23.9 Å². The normalized spacial score (nSPS) is 12.9. The van der Waals surface area contributed by atoms with Crippen LogP contribution in [0.25, 0.3) is 0 Å². The Morgan fingerprint density at radius 3 is 2.46 bits per heavy atom. The fourth-order valence-corrected chi connectivity index (χ4v) is 4.07. The van der Waals surface area contributed by atoms with Crippen LogP contribution in [0.2, 0.25) is 15.1 Å². The third kappa shape index (κ3) is 4.52. The number of para-hydroxylation sites is 1. The maximum atomic E-state index is 12.6. The van der Waals surface area contributed by atoms with E-state index in [1.54, 1.807) is 6.92 Å². The molecule has 1 amide bonds. The number of amides is 1. The molecule has 0 aliphatic carbocycles. The lowest BCUT2D eigenvalue weighted by molar-refractivity contribution is -0.136. The lowest BCUT2D eigenvalue weighted by Crippen LogP contribution is -2.26. The van der Waals surface area contributed by atoms with E-state index < -0.39 is 23.9 Å². The van der Waals surface area contributed by atoms with Crippen LogP contribution in [0.4, 0.5) is 11.4 Å².